The van der Waals surface area contributed by atoms with Crippen LogP contribution >= 0.6 is 0 Å². The van der Waals surface area contributed by atoms with E-state index in [0.717, 1.165) is 22.3 Å². The highest BCUT2D eigenvalue weighted by atomic mass is 16.5. The van der Waals surface area contributed by atoms with Crippen LogP contribution in [0.25, 0.3) is 10.8 Å². The summed E-state index contributed by atoms with van der Waals surface area (Å²) in [6.45, 7) is 6.89. The van der Waals surface area contributed by atoms with Gasteiger partial charge in [0.2, 0.25) is 0 Å². The predicted octanol–water partition coefficient (Wildman–Crippen LogP) is 4.19. The summed E-state index contributed by atoms with van der Waals surface area (Å²) in [6, 6.07) is 11.6. The van der Waals surface area contributed by atoms with Crippen LogP contribution in [0, 0.1) is 0 Å². The Labute approximate surface area is 106 Å². The number of rotatable bonds is 4. The van der Waals surface area contributed by atoms with Crippen LogP contribution in [0.5, 0.6) is 11.5 Å². The van der Waals surface area contributed by atoms with Crippen LogP contribution in [-0.4, -0.2) is 0 Å². The van der Waals surface area contributed by atoms with E-state index in [1.54, 1.807) is 0 Å². The maximum absolute atomic E-state index is 5.31. The van der Waals surface area contributed by atoms with Gasteiger partial charge in [-0.1, -0.05) is 36.8 Å². The molecule has 2 aromatic rings. The Morgan fingerprint density at radius 2 is 1.28 bits per heavy atom. The summed E-state index contributed by atoms with van der Waals surface area (Å²) < 4.78 is 10.6. The molecule has 0 heterocycles. The molecule has 88 valence electrons. The van der Waals surface area contributed by atoms with Crippen molar-refractivity contribution in [3.05, 3.63) is 73.5 Å². The van der Waals surface area contributed by atoms with Gasteiger partial charge in [0.1, 0.15) is 24.0 Å². The molecular formula is C16H12O2. The zero-order valence-corrected chi connectivity index (χ0v) is 9.85. The molecule has 0 aromatic heterocycles. The van der Waals surface area contributed by atoms with Crippen molar-refractivity contribution < 1.29 is 9.47 Å². The summed E-state index contributed by atoms with van der Waals surface area (Å²) in [6.07, 6.45) is 2.84. The topological polar surface area (TPSA) is 18.5 Å². The van der Waals surface area contributed by atoms with Gasteiger partial charge < -0.3 is 9.47 Å². The van der Waals surface area contributed by atoms with Crippen LogP contribution in [0.3, 0.4) is 0 Å². The third kappa shape index (κ3) is 2.72. The Morgan fingerprint density at radius 3 is 1.72 bits per heavy atom. The van der Waals surface area contributed by atoms with E-state index < -0.39 is 0 Å². The minimum absolute atomic E-state index is 0.732. The van der Waals surface area contributed by atoms with E-state index in [2.05, 4.69) is 24.6 Å². The largest absolute Gasteiger partial charge is 0.457 e. The minimum atomic E-state index is 0.732. The van der Waals surface area contributed by atoms with E-state index in [9.17, 15) is 0 Å². The van der Waals surface area contributed by atoms with Gasteiger partial charge in [0.15, 0.2) is 0 Å². The first-order valence-electron chi connectivity index (χ1n) is 5.39. The highest BCUT2D eigenvalue weighted by Gasteiger charge is 1.99. The summed E-state index contributed by atoms with van der Waals surface area (Å²) in [5.41, 5.74) is 5.12. The Hall–Kier alpha value is -2.66. The molecule has 0 aliphatic heterocycles. The maximum Gasteiger partial charge on any atom is 0.133 e. The molecule has 0 aliphatic carbocycles. The van der Waals surface area contributed by atoms with Crippen molar-refractivity contribution in [1.29, 1.82) is 0 Å². The van der Waals surface area contributed by atoms with Crippen LogP contribution in [0.1, 0.15) is 0 Å². The Kier molecular flexibility index (Phi) is 3.68. The minimum Gasteiger partial charge on any atom is -0.457 e. The Bertz CT molecular complexity index is 603. The van der Waals surface area contributed by atoms with Crippen molar-refractivity contribution in [3.8, 4) is 11.5 Å². The van der Waals surface area contributed by atoms with Gasteiger partial charge in [-0.05, 0) is 35.0 Å². The van der Waals surface area contributed by atoms with Crippen LogP contribution in [0.15, 0.2) is 73.5 Å². The molecule has 0 unspecified atom stereocenters. The summed E-state index contributed by atoms with van der Waals surface area (Å²) in [4.78, 5) is 0. The number of fused-ring (bicyclic) bond motifs is 1. The molecule has 0 bridgehead atoms. The average molecular weight is 236 g/mol. The van der Waals surface area contributed by atoms with E-state index in [4.69, 9.17) is 9.47 Å². The first kappa shape index (κ1) is 11.8. The van der Waals surface area contributed by atoms with Gasteiger partial charge in [0.05, 0.1) is 0 Å². The Balaban J connectivity index is 2.39. The molecule has 2 rings (SSSR count). The van der Waals surface area contributed by atoms with Crippen molar-refractivity contribution in [2.24, 2.45) is 0 Å². The molecule has 0 N–H and O–H groups in total. The van der Waals surface area contributed by atoms with Gasteiger partial charge in [-0.25, -0.2) is 0 Å². The molecule has 0 saturated heterocycles. The van der Waals surface area contributed by atoms with Gasteiger partial charge >= 0.3 is 0 Å². The quantitative estimate of drug-likeness (QED) is 0.585. The van der Waals surface area contributed by atoms with Crippen LogP contribution in [-0.2, 0) is 0 Å². The highest BCUT2D eigenvalue weighted by Crippen LogP contribution is 2.25. The molecule has 18 heavy (non-hydrogen) atoms. The second kappa shape index (κ2) is 5.60. The molecule has 2 heteroatoms. The number of hydrogen-bond acceptors (Lipinski definition) is 2. The third-order valence-corrected chi connectivity index (χ3v) is 2.34. The predicted molar refractivity (Wildman–Crippen MR) is 72.6 cm³/mol. The van der Waals surface area contributed by atoms with E-state index in [1.165, 1.54) is 12.5 Å². The fraction of sp³-hybridized carbons (Fsp3) is 0. The lowest BCUT2D eigenvalue weighted by molar-refractivity contribution is 0.481. The van der Waals surface area contributed by atoms with Crippen molar-refractivity contribution in [1.82, 2.24) is 0 Å². The van der Waals surface area contributed by atoms with Crippen LogP contribution in [0.2, 0.25) is 0 Å². The zero-order valence-electron chi connectivity index (χ0n) is 9.85. The fourth-order valence-corrected chi connectivity index (χ4v) is 1.57. The summed E-state index contributed by atoms with van der Waals surface area (Å²) in [5.74, 6) is 1.46. The lowest BCUT2D eigenvalue weighted by Gasteiger charge is -2.04. The van der Waals surface area contributed by atoms with E-state index in [0.29, 0.717) is 0 Å². The number of hydrogen-bond donors (Lipinski definition) is 0. The molecule has 0 aliphatic rings. The SMILES string of the molecule is C=C=COc1ccc2ccc(OC=C=C)cc2c1. The Morgan fingerprint density at radius 1 is 0.778 bits per heavy atom. The van der Waals surface area contributed by atoms with Gasteiger partial charge in [-0.2, -0.15) is 0 Å². The van der Waals surface area contributed by atoms with Crippen LogP contribution < -0.4 is 9.47 Å². The van der Waals surface area contributed by atoms with Crippen molar-refractivity contribution in [2.75, 3.05) is 0 Å². The number of ether oxygens (including phenoxy) is 2. The first-order valence-corrected chi connectivity index (χ1v) is 5.39. The lowest BCUT2D eigenvalue weighted by Crippen LogP contribution is -1.83. The standard InChI is InChI=1S/C16H12O2/c1-3-9-17-15-7-5-13-6-8-16(18-10-4-2)12-14(13)11-15/h5-12H,1-2H2. The highest BCUT2D eigenvalue weighted by molar-refractivity contribution is 5.85. The molecule has 0 fully saturated rings. The fourth-order valence-electron chi connectivity index (χ4n) is 1.57. The first-order chi connectivity index (χ1) is 8.83. The average Bonchev–Trinajstić information content (AvgIpc) is 2.42. The van der Waals surface area contributed by atoms with E-state index >= 15 is 0 Å². The molecule has 0 amide bonds. The maximum atomic E-state index is 5.31. The molecule has 2 aromatic carbocycles. The normalized spacial score (nSPS) is 9.11. The van der Waals surface area contributed by atoms with Crippen molar-refractivity contribution >= 4 is 10.8 Å². The smallest absolute Gasteiger partial charge is 0.133 e. The van der Waals surface area contributed by atoms with E-state index in [-0.39, 0.29) is 0 Å². The second-order valence-corrected chi connectivity index (χ2v) is 3.55. The second-order valence-electron chi connectivity index (χ2n) is 3.55. The third-order valence-electron chi connectivity index (χ3n) is 2.34. The van der Waals surface area contributed by atoms with Gasteiger partial charge in [-0.15, -0.1) is 0 Å². The molecule has 2 nitrogen and oxygen atoms in total. The van der Waals surface area contributed by atoms with Crippen LogP contribution in [0.4, 0.5) is 0 Å². The van der Waals surface area contributed by atoms with Crippen molar-refractivity contribution in [2.45, 2.75) is 0 Å². The van der Waals surface area contributed by atoms with Gasteiger partial charge in [0, 0.05) is 0 Å². The van der Waals surface area contributed by atoms with Crippen molar-refractivity contribution in [3.63, 3.8) is 0 Å². The number of benzene rings is 2. The monoisotopic (exact) mass is 236 g/mol. The van der Waals surface area contributed by atoms with Gasteiger partial charge in [0.25, 0.3) is 0 Å². The van der Waals surface area contributed by atoms with Gasteiger partial charge in [-0.3, -0.25) is 0 Å². The molecular weight excluding hydrogens is 224 g/mol. The van der Waals surface area contributed by atoms with E-state index in [1.807, 2.05) is 36.4 Å². The summed E-state index contributed by atoms with van der Waals surface area (Å²) in [5, 5.41) is 2.14. The molecule has 0 spiro atoms. The summed E-state index contributed by atoms with van der Waals surface area (Å²) in [7, 11) is 0. The molecule has 0 atom stereocenters. The zero-order chi connectivity index (χ0) is 12.8. The molecule has 0 saturated carbocycles. The summed E-state index contributed by atoms with van der Waals surface area (Å²) >= 11 is 0. The lowest BCUT2D eigenvalue weighted by atomic mass is 10.1. The molecule has 0 radical (unpaired) electrons.